The molecule has 0 bridgehead atoms. The number of hydrogen-bond acceptors (Lipinski definition) is 8. The zero-order valence-corrected chi connectivity index (χ0v) is 25.0. The van der Waals surface area contributed by atoms with Gasteiger partial charge >= 0.3 is 12.2 Å². The summed E-state index contributed by atoms with van der Waals surface area (Å²) in [7, 11) is 1.61. The number of amides is 2. The lowest BCUT2D eigenvalue weighted by molar-refractivity contribution is 0.0207. The van der Waals surface area contributed by atoms with Gasteiger partial charge in [-0.25, -0.2) is 30.7 Å². The van der Waals surface area contributed by atoms with Crippen molar-refractivity contribution in [3.63, 3.8) is 0 Å². The first-order valence-corrected chi connectivity index (χ1v) is 15.8. The number of carbonyl (C=O) groups is 2. The number of piperidine rings is 2. The number of sulfonamides is 1. The fourth-order valence-electron chi connectivity index (χ4n) is 3.61. The molecule has 0 aromatic heterocycles. The van der Waals surface area contributed by atoms with Gasteiger partial charge in [0.2, 0.25) is 19.1 Å². The molecule has 0 radical (unpaired) electrons. The Kier molecular flexibility index (Phi) is 11.4. The Hall–Kier alpha value is -1.31. The summed E-state index contributed by atoms with van der Waals surface area (Å²) in [5.74, 6) is 0. The highest BCUT2D eigenvalue weighted by Gasteiger charge is 2.34. The summed E-state index contributed by atoms with van der Waals surface area (Å²) < 4.78 is 57.9. The predicted octanol–water partition coefficient (Wildman–Crippen LogP) is 3.23. The lowest BCUT2D eigenvalue weighted by atomic mass is 10.1. The molecule has 0 spiro atoms. The van der Waals surface area contributed by atoms with E-state index in [2.05, 4.69) is 0 Å². The van der Waals surface area contributed by atoms with Crippen LogP contribution in [0.5, 0.6) is 0 Å². The first-order valence-electron chi connectivity index (χ1n) is 11.9. The highest BCUT2D eigenvalue weighted by atomic mass is 35.7. The molecule has 2 rings (SSSR count). The van der Waals surface area contributed by atoms with E-state index in [1.807, 2.05) is 20.8 Å². The van der Waals surface area contributed by atoms with Crippen LogP contribution in [-0.2, 0) is 28.5 Å². The normalized spacial score (nSPS) is 18.9. The van der Waals surface area contributed by atoms with Crippen LogP contribution >= 0.6 is 10.7 Å². The van der Waals surface area contributed by atoms with E-state index < -0.39 is 46.9 Å². The number of likely N-dealkylation sites (tertiary alicyclic amines) is 2. The molecule has 2 heterocycles. The van der Waals surface area contributed by atoms with E-state index in [-0.39, 0.29) is 6.09 Å². The van der Waals surface area contributed by atoms with Crippen LogP contribution in [0, 0.1) is 0 Å². The number of ether oxygens (including phenoxy) is 2. The third-order valence-electron chi connectivity index (χ3n) is 5.52. The Balaban J connectivity index is 0.000000362. The average molecular weight is 576 g/mol. The summed E-state index contributed by atoms with van der Waals surface area (Å²) in [6.45, 7) is 12.4. The molecule has 0 unspecified atom stereocenters. The van der Waals surface area contributed by atoms with E-state index in [1.54, 1.807) is 25.7 Å². The molecule has 0 N–H and O–H groups in total. The number of nitrogens with zero attached hydrogens (tertiary/aromatic N) is 3. The largest absolute Gasteiger partial charge is 0.444 e. The molecule has 0 atom stereocenters. The van der Waals surface area contributed by atoms with Gasteiger partial charge in [0, 0.05) is 51.0 Å². The zero-order chi connectivity index (χ0) is 28.1. The number of carbonyl (C=O) groups excluding carboxylic acids is 2. The van der Waals surface area contributed by atoms with E-state index in [0.717, 1.165) is 0 Å². The van der Waals surface area contributed by atoms with Gasteiger partial charge in [-0.1, -0.05) is 0 Å². The smallest absolute Gasteiger partial charge is 0.410 e. The summed E-state index contributed by atoms with van der Waals surface area (Å²) in [5, 5.41) is -0.955. The summed E-state index contributed by atoms with van der Waals surface area (Å²) in [5.41, 5.74) is -1.06. The van der Waals surface area contributed by atoms with Crippen molar-refractivity contribution >= 4 is 41.9 Å². The average Bonchev–Trinajstić information content (AvgIpc) is 2.71. The standard InChI is InChI=1S/C12H24N2O4S.C10H18ClNO4S/c1-12(2,3)18-11(15)14-8-6-10(7-9-14)19(16,17)13(4)5;1-10(2,3)16-9(13)12-6-4-8(5-7-12)17(11,14)15/h10H,6-9H2,1-5H3;8H,4-7H2,1-3H3. The van der Waals surface area contributed by atoms with Crippen molar-refractivity contribution in [3.05, 3.63) is 0 Å². The SMILES string of the molecule is CC(C)(C)OC(=O)N1CCC(S(=O)(=O)Cl)CC1.CN(C)S(=O)(=O)C1CCN(C(=O)OC(C)(C)C)CC1. The van der Waals surface area contributed by atoms with Crippen molar-refractivity contribution in [1.29, 1.82) is 0 Å². The van der Waals surface area contributed by atoms with Crippen LogP contribution < -0.4 is 0 Å². The number of halogens is 1. The Morgan fingerprint density at radius 1 is 0.722 bits per heavy atom. The Morgan fingerprint density at radius 2 is 1.03 bits per heavy atom. The molecule has 11 nitrogen and oxygen atoms in total. The second-order valence-electron chi connectivity index (χ2n) is 11.1. The lowest BCUT2D eigenvalue weighted by Crippen LogP contribution is -2.46. The van der Waals surface area contributed by atoms with Gasteiger partial charge in [0.05, 0.1) is 10.5 Å². The monoisotopic (exact) mass is 575 g/mol. The molecule has 2 fully saturated rings. The van der Waals surface area contributed by atoms with Gasteiger partial charge in [0.25, 0.3) is 0 Å². The van der Waals surface area contributed by atoms with Crippen molar-refractivity contribution in [3.8, 4) is 0 Å². The van der Waals surface area contributed by atoms with Crippen LogP contribution in [0.2, 0.25) is 0 Å². The van der Waals surface area contributed by atoms with E-state index in [4.69, 9.17) is 20.2 Å². The van der Waals surface area contributed by atoms with Crippen LogP contribution in [0.15, 0.2) is 0 Å². The maximum absolute atomic E-state index is 12.0. The highest BCUT2D eigenvalue weighted by Crippen LogP contribution is 2.23. The van der Waals surface area contributed by atoms with Gasteiger partial charge in [-0.2, -0.15) is 0 Å². The molecule has 0 aromatic carbocycles. The van der Waals surface area contributed by atoms with E-state index >= 15 is 0 Å². The molecule has 212 valence electrons. The number of rotatable bonds is 3. The Labute approximate surface area is 220 Å². The predicted molar refractivity (Wildman–Crippen MR) is 139 cm³/mol. The topological polar surface area (TPSA) is 131 Å². The van der Waals surface area contributed by atoms with E-state index in [9.17, 15) is 26.4 Å². The van der Waals surface area contributed by atoms with Gasteiger partial charge in [-0.05, 0) is 67.2 Å². The molecule has 14 heteroatoms. The molecule has 2 aliphatic rings. The molecule has 2 aliphatic heterocycles. The molecular weight excluding hydrogens is 534 g/mol. The minimum Gasteiger partial charge on any atom is -0.444 e. The van der Waals surface area contributed by atoms with Gasteiger partial charge in [-0.3, -0.25) is 0 Å². The van der Waals surface area contributed by atoms with Crippen LogP contribution in [-0.4, -0.2) is 105 Å². The van der Waals surface area contributed by atoms with Gasteiger partial charge in [-0.15, -0.1) is 0 Å². The van der Waals surface area contributed by atoms with Crippen LogP contribution in [0.1, 0.15) is 67.2 Å². The quantitative estimate of drug-likeness (QED) is 0.469. The van der Waals surface area contributed by atoms with E-state index in [1.165, 1.54) is 23.3 Å². The molecule has 36 heavy (non-hydrogen) atoms. The summed E-state index contributed by atoms with van der Waals surface area (Å²) in [6, 6.07) is 0. The van der Waals surface area contributed by atoms with Gasteiger partial charge in [0.15, 0.2) is 0 Å². The minimum absolute atomic E-state index is 0.366. The second kappa shape index (κ2) is 12.5. The Morgan fingerprint density at radius 3 is 1.28 bits per heavy atom. The summed E-state index contributed by atoms with van der Waals surface area (Å²) in [4.78, 5) is 26.6. The molecule has 0 saturated carbocycles. The third kappa shape index (κ3) is 11.0. The molecule has 2 saturated heterocycles. The summed E-state index contributed by atoms with van der Waals surface area (Å²) >= 11 is 0. The first kappa shape index (κ1) is 32.7. The van der Waals surface area contributed by atoms with Crippen molar-refractivity contribution in [2.75, 3.05) is 40.3 Å². The molecule has 2 amide bonds. The van der Waals surface area contributed by atoms with Crippen LogP contribution in [0.4, 0.5) is 9.59 Å². The molecule has 0 aliphatic carbocycles. The third-order valence-corrected chi connectivity index (χ3v) is 9.87. The first-order chi connectivity index (χ1) is 16.1. The Bertz CT molecular complexity index is 956. The second-order valence-corrected chi connectivity index (χ2v) is 16.5. The zero-order valence-electron chi connectivity index (χ0n) is 22.6. The van der Waals surface area contributed by atoms with Crippen molar-refractivity contribution in [1.82, 2.24) is 14.1 Å². The van der Waals surface area contributed by atoms with Gasteiger partial charge < -0.3 is 19.3 Å². The van der Waals surface area contributed by atoms with Crippen LogP contribution in [0.25, 0.3) is 0 Å². The van der Waals surface area contributed by atoms with Crippen LogP contribution in [0.3, 0.4) is 0 Å². The lowest BCUT2D eigenvalue weighted by Gasteiger charge is -2.34. The van der Waals surface area contributed by atoms with Crippen molar-refractivity contribution < 1.29 is 35.9 Å². The maximum Gasteiger partial charge on any atom is 0.410 e. The molecular formula is C22H42ClN3O8S2. The summed E-state index contributed by atoms with van der Waals surface area (Å²) in [6.07, 6.45) is 0.881. The van der Waals surface area contributed by atoms with Crippen molar-refractivity contribution in [2.45, 2.75) is 88.9 Å². The maximum atomic E-state index is 12.0. The fraction of sp³-hybridized carbons (Fsp3) is 0.909. The van der Waals surface area contributed by atoms with Crippen molar-refractivity contribution in [2.24, 2.45) is 0 Å². The highest BCUT2D eigenvalue weighted by molar-refractivity contribution is 8.14. The van der Waals surface area contributed by atoms with E-state index in [0.29, 0.717) is 51.9 Å². The fourth-order valence-corrected chi connectivity index (χ4v) is 6.32. The minimum atomic E-state index is -3.52. The number of hydrogen-bond donors (Lipinski definition) is 0. The van der Waals surface area contributed by atoms with Gasteiger partial charge in [0.1, 0.15) is 11.2 Å². The molecule has 0 aromatic rings.